The lowest BCUT2D eigenvalue weighted by molar-refractivity contribution is 1.27. The normalized spacial score (nSPS) is 11.9. The van der Waals surface area contributed by atoms with Crippen LogP contribution < -0.4 is 0 Å². The van der Waals surface area contributed by atoms with Crippen LogP contribution in [0, 0.1) is 0 Å². The van der Waals surface area contributed by atoms with E-state index < -0.39 is 8.07 Å². The van der Waals surface area contributed by atoms with E-state index in [2.05, 4.69) is 86.0 Å². The standard InChI is InChI=1S/C18H22Si/c1-19(2,3)15-9-13-17-12-7-8-14-18(17)16-10-5-4-6-11-16/h4-12,14-15H,13H2,1-3H3/b15-9+. The number of hydrogen-bond donors (Lipinski definition) is 0. The molecule has 2 aromatic rings. The predicted octanol–water partition coefficient (Wildman–Crippen LogP) is 5.33. The maximum atomic E-state index is 2.43. The number of allylic oxidation sites excluding steroid dienone is 1. The average molecular weight is 266 g/mol. The molecule has 0 aromatic heterocycles. The summed E-state index contributed by atoms with van der Waals surface area (Å²) in [6.45, 7) is 7.10. The largest absolute Gasteiger partial charge is 0.0986 e. The van der Waals surface area contributed by atoms with E-state index in [4.69, 9.17) is 0 Å². The van der Waals surface area contributed by atoms with Crippen LogP contribution in [-0.4, -0.2) is 8.07 Å². The van der Waals surface area contributed by atoms with Crippen molar-refractivity contribution >= 4 is 8.07 Å². The minimum Gasteiger partial charge on any atom is -0.0986 e. The van der Waals surface area contributed by atoms with Gasteiger partial charge in [0.2, 0.25) is 0 Å². The van der Waals surface area contributed by atoms with E-state index in [9.17, 15) is 0 Å². The van der Waals surface area contributed by atoms with Crippen molar-refractivity contribution in [1.82, 2.24) is 0 Å². The summed E-state index contributed by atoms with van der Waals surface area (Å²) in [4.78, 5) is 0. The molecule has 0 fully saturated rings. The summed E-state index contributed by atoms with van der Waals surface area (Å²) in [7, 11) is -1.09. The van der Waals surface area contributed by atoms with Gasteiger partial charge in [-0.1, -0.05) is 86.0 Å². The summed E-state index contributed by atoms with van der Waals surface area (Å²) in [5, 5.41) is 0. The van der Waals surface area contributed by atoms with Crippen molar-refractivity contribution < 1.29 is 0 Å². The van der Waals surface area contributed by atoms with Crippen molar-refractivity contribution in [1.29, 1.82) is 0 Å². The van der Waals surface area contributed by atoms with Crippen LogP contribution in [0.2, 0.25) is 19.6 Å². The molecule has 0 amide bonds. The third-order valence-electron chi connectivity index (χ3n) is 3.06. The first-order chi connectivity index (χ1) is 9.06. The van der Waals surface area contributed by atoms with Crippen LogP contribution >= 0.6 is 0 Å². The summed E-state index contributed by atoms with van der Waals surface area (Å²) >= 11 is 0. The van der Waals surface area contributed by atoms with Crippen LogP contribution in [0.5, 0.6) is 0 Å². The van der Waals surface area contributed by atoms with Gasteiger partial charge in [0.1, 0.15) is 0 Å². The van der Waals surface area contributed by atoms with Gasteiger partial charge < -0.3 is 0 Å². The van der Waals surface area contributed by atoms with Gasteiger partial charge >= 0.3 is 0 Å². The molecule has 0 aliphatic rings. The van der Waals surface area contributed by atoms with Gasteiger partial charge in [0.25, 0.3) is 0 Å². The van der Waals surface area contributed by atoms with Crippen LogP contribution in [0.3, 0.4) is 0 Å². The zero-order valence-electron chi connectivity index (χ0n) is 12.1. The highest BCUT2D eigenvalue weighted by Gasteiger charge is 2.07. The van der Waals surface area contributed by atoms with Gasteiger partial charge in [0, 0.05) is 0 Å². The predicted molar refractivity (Wildman–Crippen MR) is 88.1 cm³/mol. The zero-order valence-corrected chi connectivity index (χ0v) is 13.1. The molecule has 0 unspecified atom stereocenters. The molecule has 2 aromatic carbocycles. The lowest BCUT2D eigenvalue weighted by atomic mass is 9.98. The lowest BCUT2D eigenvalue weighted by Crippen LogP contribution is -2.15. The van der Waals surface area contributed by atoms with Crippen molar-refractivity contribution in [3.05, 3.63) is 71.9 Å². The highest BCUT2D eigenvalue weighted by molar-refractivity contribution is 6.80. The van der Waals surface area contributed by atoms with Crippen LogP contribution in [-0.2, 0) is 6.42 Å². The van der Waals surface area contributed by atoms with Gasteiger partial charge in [-0.15, -0.1) is 0 Å². The van der Waals surface area contributed by atoms with Crippen molar-refractivity contribution in [3.8, 4) is 11.1 Å². The second-order valence-corrected chi connectivity index (χ2v) is 11.1. The summed E-state index contributed by atoms with van der Waals surface area (Å²) in [6, 6.07) is 19.3. The van der Waals surface area contributed by atoms with Gasteiger partial charge in [0.05, 0.1) is 8.07 Å². The Hall–Kier alpha value is -1.60. The molecule has 0 aliphatic heterocycles. The van der Waals surface area contributed by atoms with Crippen molar-refractivity contribution in [2.24, 2.45) is 0 Å². The van der Waals surface area contributed by atoms with Crippen LogP contribution in [0.4, 0.5) is 0 Å². The quantitative estimate of drug-likeness (QED) is 0.656. The summed E-state index contributed by atoms with van der Waals surface area (Å²) in [5.41, 5.74) is 6.49. The molecule has 0 aliphatic carbocycles. The van der Waals surface area contributed by atoms with E-state index in [0.29, 0.717) is 0 Å². The summed E-state index contributed by atoms with van der Waals surface area (Å²) < 4.78 is 0. The average Bonchev–Trinajstić information content (AvgIpc) is 2.39. The molecule has 0 nitrogen and oxygen atoms in total. The van der Waals surface area contributed by atoms with Crippen molar-refractivity contribution in [2.75, 3.05) is 0 Å². The Morgan fingerprint density at radius 2 is 1.47 bits per heavy atom. The Kier molecular flexibility index (Phi) is 4.38. The van der Waals surface area contributed by atoms with Crippen LogP contribution in [0.25, 0.3) is 11.1 Å². The molecule has 0 saturated carbocycles. The van der Waals surface area contributed by atoms with Crippen LogP contribution in [0.15, 0.2) is 66.4 Å². The minimum absolute atomic E-state index is 1.02. The molecule has 0 N–H and O–H groups in total. The van der Waals surface area contributed by atoms with Gasteiger partial charge in [-0.2, -0.15) is 0 Å². The van der Waals surface area contributed by atoms with Crippen molar-refractivity contribution in [3.63, 3.8) is 0 Å². The highest BCUT2D eigenvalue weighted by atomic mass is 28.3. The SMILES string of the molecule is C[Si](C)(C)/C=C/Cc1ccccc1-c1ccccc1. The molecule has 2 rings (SSSR count). The monoisotopic (exact) mass is 266 g/mol. The topological polar surface area (TPSA) is 0 Å². The first kappa shape index (κ1) is 13.8. The Labute approximate surface area is 117 Å². The van der Waals surface area contributed by atoms with E-state index in [1.165, 1.54) is 16.7 Å². The minimum atomic E-state index is -1.09. The third kappa shape index (κ3) is 4.21. The molecule has 0 saturated heterocycles. The number of benzene rings is 2. The maximum Gasteiger partial charge on any atom is 0.0683 e. The number of hydrogen-bond acceptors (Lipinski definition) is 0. The fourth-order valence-corrected chi connectivity index (χ4v) is 2.96. The third-order valence-corrected chi connectivity index (χ3v) is 4.29. The van der Waals surface area contributed by atoms with Crippen LogP contribution in [0.1, 0.15) is 5.56 Å². The van der Waals surface area contributed by atoms with Gasteiger partial charge in [-0.3, -0.25) is 0 Å². The van der Waals surface area contributed by atoms with Gasteiger partial charge in [-0.05, 0) is 23.1 Å². The summed E-state index contributed by atoms with van der Waals surface area (Å²) in [6.07, 6.45) is 3.36. The molecule has 1 heteroatoms. The lowest BCUT2D eigenvalue weighted by Gasteiger charge is -2.10. The smallest absolute Gasteiger partial charge is 0.0683 e. The van der Waals surface area contributed by atoms with E-state index in [-0.39, 0.29) is 0 Å². The van der Waals surface area contributed by atoms with E-state index in [1.54, 1.807) is 0 Å². The molecule has 0 heterocycles. The van der Waals surface area contributed by atoms with E-state index in [1.807, 2.05) is 0 Å². The maximum absolute atomic E-state index is 2.43. The Morgan fingerprint density at radius 1 is 0.842 bits per heavy atom. The first-order valence-corrected chi connectivity index (χ1v) is 10.4. The van der Waals surface area contributed by atoms with E-state index in [0.717, 1.165) is 6.42 Å². The van der Waals surface area contributed by atoms with E-state index >= 15 is 0 Å². The Balaban J connectivity index is 2.25. The Bertz CT molecular complexity index is 547. The van der Waals surface area contributed by atoms with Gasteiger partial charge in [-0.25, -0.2) is 0 Å². The molecule has 0 radical (unpaired) electrons. The summed E-state index contributed by atoms with van der Waals surface area (Å²) in [5.74, 6) is 0. The fourth-order valence-electron chi connectivity index (χ4n) is 2.14. The fraction of sp³-hybridized carbons (Fsp3) is 0.222. The van der Waals surface area contributed by atoms with Crippen molar-refractivity contribution in [2.45, 2.75) is 26.1 Å². The molecule has 0 spiro atoms. The second-order valence-electron chi connectivity index (χ2n) is 6.00. The number of rotatable bonds is 4. The first-order valence-electron chi connectivity index (χ1n) is 6.87. The highest BCUT2D eigenvalue weighted by Crippen LogP contribution is 2.24. The molecule has 19 heavy (non-hydrogen) atoms. The molecular formula is C18H22Si. The van der Waals surface area contributed by atoms with Gasteiger partial charge in [0.15, 0.2) is 0 Å². The molecule has 98 valence electrons. The molecular weight excluding hydrogens is 244 g/mol. The Morgan fingerprint density at radius 3 is 2.16 bits per heavy atom. The second kappa shape index (κ2) is 6.03. The molecule has 0 atom stereocenters. The molecule has 0 bridgehead atoms. The zero-order chi connectivity index (χ0) is 13.7.